The van der Waals surface area contributed by atoms with Crippen LogP contribution in [0.3, 0.4) is 0 Å². The summed E-state index contributed by atoms with van der Waals surface area (Å²) in [5.41, 5.74) is -1.26. The Balaban J connectivity index is 3.30. The third-order valence-corrected chi connectivity index (χ3v) is 6.06. The fourth-order valence-electron chi connectivity index (χ4n) is 4.26. The van der Waals surface area contributed by atoms with E-state index in [1.807, 2.05) is 34.6 Å². The standard InChI is InChI=1S/C29H49N3O8/c1-11-13-14-20(22(33)26(36)38-12-2)30-24(34)21-15-19(40-29(8,9)10)16-32(21)25(35)23(28(5,6)7)31-27(37)39-17-18(3)4/h11,18-21,23H,1,12-17H2,2-10H3,(H,30,34)(H,31,37). The lowest BCUT2D eigenvalue weighted by Crippen LogP contribution is -2.59. The molecule has 11 heteroatoms. The molecule has 228 valence electrons. The molecular formula is C29H49N3O8. The van der Waals surface area contributed by atoms with Gasteiger partial charge in [-0.1, -0.05) is 40.7 Å². The molecule has 0 spiro atoms. The van der Waals surface area contributed by atoms with Crippen LogP contribution in [0.15, 0.2) is 12.7 Å². The molecule has 11 nitrogen and oxygen atoms in total. The first kappa shape index (κ1) is 35.1. The molecule has 1 aliphatic heterocycles. The molecule has 0 aromatic heterocycles. The van der Waals surface area contributed by atoms with Crippen molar-refractivity contribution in [3.8, 4) is 0 Å². The third-order valence-electron chi connectivity index (χ3n) is 6.06. The Morgan fingerprint density at radius 1 is 1.02 bits per heavy atom. The van der Waals surface area contributed by atoms with E-state index < -0.39 is 64.9 Å². The molecule has 0 aromatic carbocycles. The Bertz CT molecular complexity index is 919. The number of carbonyl (C=O) groups is 5. The molecule has 1 heterocycles. The van der Waals surface area contributed by atoms with Crippen LogP contribution in [0.2, 0.25) is 0 Å². The van der Waals surface area contributed by atoms with Crippen LogP contribution in [0, 0.1) is 11.3 Å². The van der Waals surface area contributed by atoms with Crippen LogP contribution in [0.4, 0.5) is 4.79 Å². The molecule has 3 amide bonds. The summed E-state index contributed by atoms with van der Waals surface area (Å²) in [7, 11) is 0. The largest absolute Gasteiger partial charge is 0.460 e. The Kier molecular flexibility index (Phi) is 13.3. The number of Topliss-reactive ketones (excluding diaryl/α,β-unsaturated/α-hetero) is 1. The summed E-state index contributed by atoms with van der Waals surface area (Å²) in [5, 5.41) is 5.33. The molecular weight excluding hydrogens is 518 g/mol. The fraction of sp³-hybridized carbons (Fsp3) is 0.759. The van der Waals surface area contributed by atoms with E-state index in [1.165, 1.54) is 4.90 Å². The second kappa shape index (κ2) is 15.2. The molecule has 0 radical (unpaired) electrons. The van der Waals surface area contributed by atoms with Gasteiger partial charge < -0.3 is 29.7 Å². The topological polar surface area (TPSA) is 140 Å². The van der Waals surface area contributed by atoms with Gasteiger partial charge in [0.15, 0.2) is 0 Å². The number of likely N-dealkylation sites (tertiary alicyclic amines) is 1. The summed E-state index contributed by atoms with van der Waals surface area (Å²) in [4.78, 5) is 66.3. The molecule has 1 saturated heterocycles. The van der Waals surface area contributed by atoms with Gasteiger partial charge in [0.25, 0.3) is 5.78 Å². The fourth-order valence-corrected chi connectivity index (χ4v) is 4.26. The summed E-state index contributed by atoms with van der Waals surface area (Å²) < 4.78 is 16.2. The minimum atomic E-state index is -1.15. The number of esters is 1. The van der Waals surface area contributed by atoms with Gasteiger partial charge in [0.05, 0.1) is 31.0 Å². The van der Waals surface area contributed by atoms with Crippen molar-refractivity contribution in [3.63, 3.8) is 0 Å². The number of amides is 3. The van der Waals surface area contributed by atoms with Crippen LogP contribution in [0.1, 0.15) is 81.6 Å². The number of hydrogen-bond acceptors (Lipinski definition) is 8. The normalized spacial score (nSPS) is 19.0. The number of hydrogen-bond donors (Lipinski definition) is 2. The van der Waals surface area contributed by atoms with Crippen molar-refractivity contribution in [2.24, 2.45) is 11.3 Å². The number of alkyl carbamates (subject to hydrolysis) is 1. The third kappa shape index (κ3) is 11.3. The van der Waals surface area contributed by atoms with Crippen LogP contribution in [0.5, 0.6) is 0 Å². The first-order valence-corrected chi connectivity index (χ1v) is 13.9. The smallest absolute Gasteiger partial charge is 0.407 e. The van der Waals surface area contributed by atoms with Crippen molar-refractivity contribution >= 4 is 29.7 Å². The molecule has 0 saturated carbocycles. The second-order valence-electron chi connectivity index (χ2n) is 12.5. The Labute approximate surface area is 238 Å². The molecule has 4 atom stereocenters. The lowest BCUT2D eigenvalue weighted by molar-refractivity contribution is -0.155. The van der Waals surface area contributed by atoms with Gasteiger partial charge in [-0.15, -0.1) is 6.58 Å². The van der Waals surface area contributed by atoms with E-state index in [2.05, 4.69) is 17.2 Å². The summed E-state index contributed by atoms with van der Waals surface area (Å²) in [6.45, 7) is 20.4. The van der Waals surface area contributed by atoms with E-state index in [0.717, 1.165) is 0 Å². The average molecular weight is 568 g/mol. The molecule has 0 aromatic rings. The van der Waals surface area contributed by atoms with Crippen molar-refractivity contribution < 1.29 is 38.2 Å². The van der Waals surface area contributed by atoms with Crippen LogP contribution < -0.4 is 10.6 Å². The van der Waals surface area contributed by atoms with Crippen molar-refractivity contribution in [1.82, 2.24) is 15.5 Å². The minimum Gasteiger partial charge on any atom is -0.460 e. The predicted molar refractivity (Wildman–Crippen MR) is 150 cm³/mol. The Morgan fingerprint density at radius 2 is 1.65 bits per heavy atom. The maximum absolute atomic E-state index is 13.9. The average Bonchev–Trinajstić information content (AvgIpc) is 3.24. The van der Waals surface area contributed by atoms with Gasteiger partial charge in [-0.3, -0.25) is 14.4 Å². The molecule has 4 unspecified atom stereocenters. The lowest BCUT2D eigenvalue weighted by Gasteiger charge is -2.35. The highest BCUT2D eigenvalue weighted by Crippen LogP contribution is 2.29. The van der Waals surface area contributed by atoms with E-state index in [9.17, 15) is 24.0 Å². The zero-order valence-corrected chi connectivity index (χ0v) is 25.6. The highest BCUT2D eigenvalue weighted by atomic mass is 16.5. The predicted octanol–water partition coefficient (Wildman–Crippen LogP) is 3.15. The maximum atomic E-state index is 13.9. The molecule has 2 N–H and O–H groups in total. The van der Waals surface area contributed by atoms with Gasteiger partial charge in [-0.2, -0.15) is 0 Å². The van der Waals surface area contributed by atoms with Crippen molar-refractivity contribution in [2.45, 2.75) is 111 Å². The van der Waals surface area contributed by atoms with Crippen molar-refractivity contribution in [3.05, 3.63) is 12.7 Å². The quantitative estimate of drug-likeness (QED) is 0.197. The van der Waals surface area contributed by atoms with Gasteiger partial charge in [0.2, 0.25) is 11.8 Å². The number of nitrogens with zero attached hydrogens (tertiary/aromatic N) is 1. The number of nitrogens with one attached hydrogen (secondary N) is 2. The minimum absolute atomic E-state index is 0.0181. The van der Waals surface area contributed by atoms with Crippen LogP contribution >= 0.6 is 0 Å². The summed E-state index contributed by atoms with van der Waals surface area (Å²) >= 11 is 0. The van der Waals surface area contributed by atoms with Gasteiger partial charge in [-0.25, -0.2) is 9.59 Å². The molecule has 1 rings (SSSR count). The maximum Gasteiger partial charge on any atom is 0.407 e. The molecule has 1 aliphatic rings. The molecule has 40 heavy (non-hydrogen) atoms. The summed E-state index contributed by atoms with van der Waals surface area (Å²) in [6.07, 6.45) is 1.06. The van der Waals surface area contributed by atoms with Gasteiger partial charge in [0, 0.05) is 13.0 Å². The monoisotopic (exact) mass is 567 g/mol. The number of allylic oxidation sites excluding steroid dienone is 1. The second-order valence-corrected chi connectivity index (χ2v) is 12.5. The highest BCUT2D eigenvalue weighted by Gasteiger charge is 2.46. The Hall–Kier alpha value is -2.95. The number of carbonyl (C=O) groups excluding carboxylic acids is 5. The molecule has 0 aliphatic carbocycles. The highest BCUT2D eigenvalue weighted by molar-refractivity contribution is 6.36. The summed E-state index contributed by atoms with van der Waals surface area (Å²) in [5.74, 6) is -2.88. The van der Waals surface area contributed by atoms with Crippen LogP contribution in [0.25, 0.3) is 0 Å². The van der Waals surface area contributed by atoms with Crippen LogP contribution in [-0.2, 0) is 33.4 Å². The van der Waals surface area contributed by atoms with Crippen molar-refractivity contribution in [1.29, 1.82) is 0 Å². The zero-order chi connectivity index (χ0) is 30.8. The van der Waals surface area contributed by atoms with Gasteiger partial charge in [0.1, 0.15) is 12.1 Å². The Morgan fingerprint density at radius 3 is 2.15 bits per heavy atom. The summed E-state index contributed by atoms with van der Waals surface area (Å²) in [6, 6.07) is -3.15. The van der Waals surface area contributed by atoms with Crippen LogP contribution in [-0.4, -0.2) is 84.1 Å². The SMILES string of the molecule is C=CCCC(NC(=O)C1CC(OC(C)(C)C)CN1C(=O)C(NC(=O)OCC(C)C)C(C)(C)C)C(=O)C(=O)OCC. The first-order chi connectivity index (χ1) is 18.4. The number of rotatable bonds is 13. The van der Waals surface area contributed by atoms with E-state index >= 15 is 0 Å². The van der Waals surface area contributed by atoms with Gasteiger partial charge in [-0.05, 0) is 51.9 Å². The number of ketones is 1. The van der Waals surface area contributed by atoms with Crippen molar-refractivity contribution in [2.75, 3.05) is 19.8 Å². The van der Waals surface area contributed by atoms with E-state index in [0.29, 0.717) is 6.42 Å². The van der Waals surface area contributed by atoms with E-state index in [4.69, 9.17) is 14.2 Å². The van der Waals surface area contributed by atoms with E-state index in [-0.39, 0.29) is 38.5 Å². The molecule has 0 bridgehead atoms. The van der Waals surface area contributed by atoms with Gasteiger partial charge >= 0.3 is 12.1 Å². The lowest BCUT2D eigenvalue weighted by atomic mass is 9.85. The first-order valence-electron chi connectivity index (χ1n) is 13.9. The van der Waals surface area contributed by atoms with E-state index in [1.54, 1.807) is 33.8 Å². The zero-order valence-electron chi connectivity index (χ0n) is 25.6. The number of ether oxygens (including phenoxy) is 3. The molecule has 1 fully saturated rings.